The van der Waals surface area contributed by atoms with Gasteiger partial charge in [0.15, 0.2) is 0 Å². The van der Waals surface area contributed by atoms with Crippen molar-refractivity contribution in [1.29, 1.82) is 0 Å². The van der Waals surface area contributed by atoms with E-state index in [4.69, 9.17) is 4.42 Å². The van der Waals surface area contributed by atoms with Gasteiger partial charge in [-0.25, -0.2) is 9.07 Å². The fraction of sp³-hybridized carbons (Fsp3) is 0.318. The van der Waals surface area contributed by atoms with Crippen LogP contribution in [0, 0.1) is 12.7 Å². The van der Waals surface area contributed by atoms with Crippen molar-refractivity contribution in [3.8, 4) is 5.69 Å². The first-order valence-corrected chi connectivity index (χ1v) is 10.1. The minimum absolute atomic E-state index is 0.0452. The number of piperazine rings is 1. The molecule has 9 heteroatoms. The largest absolute Gasteiger partial charge is 0.465 e. The van der Waals surface area contributed by atoms with Gasteiger partial charge in [0.05, 0.1) is 30.9 Å². The van der Waals surface area contributed by atoms with Gasteiger partial charge in [-0.2, -0.15) is 5.10 Å². The van der Waals surface area contributed by atoms with Crippen LogP contribution < -0.4 is 10.6 Å². The molecular weight excluding hydrogens is 401 g/mol. The van der Waals surface area contributed by atoms with Crippen molar-refractivity contribution in [1.82, 2.24) is 25.3 Å². The van der Waals surface area contributed by atoms with E-state index in [2.05, 4.69) is 15.7 Å². The van der Waals surface area contributed by atoms with Crippen LogP contribution in [0.2, 0.25) is 0 Å². The molecule has 0 spiro atoms. The lowest BCUT2D eigenvalue weighted by atomic mass is 10.1. The summed E-state index contributed by atoms with van der Waals surface area (Å²) in [6.07, 6.45) is 3.39. The molecule has 0 saturated carbocycles. The van der Waals surface area contributed by atoms with E-state index < -0.39 is 6.04 Å². The Kier molecular flexibility index (Phi) is 6.13. The van der Waals surface area contributed by atoms with E-state index in [0.717, 1.165) is 17.1 Å². The summed E-state index contributed by atoms with van der Waals surface area (Å²) < 4.78 is 20.6. The molecule has 31 heavy (non-hydrogen) atoms. The van der Waals surface area contributed by atoms with Crippen LogP contribution in [0.5, 0.6) is 0 Å². The van der Waals surface area contributed by atoms with Gasteiger partial charge in [-0.15, -0.1) is 0 Å². The maximum Gasteiger partial charge on any atom is 0.237 e. The van der Waals surface area contributed by atoms with Crippen molar-refractivity contribution >= 4 is 11.8 Å². The molecule has 1 aliphatic heterocycles. The van der Waals surface area contributed by atoms with E-state index in [9.17, 15) is 14.0 Å². The number of nitrogens with zero attached hydrogens (tertiary/aromatic N) is 3. The number of carbonyl (C=O) groups excluding carboxylic acids is 2. The maximum atomic E-state index is 13.4. The van der Waals surface area contributed by atoms with Gasteiger partial charge in [-0.1, -0.05) is 6.07 Å². The number of halogens is 1. The second kappa shape index (κ2) is 9.13. The Morgan fingerprint density at radius 3 is 3.00 bits per heavy atom. The number of nitrogens with one attached hydrogen (secondary N) is 2. The Bertz CT molecular complexity index is 1080. The van der Waals surface area contributed by atoms with Crippen LogP contribution in [0.4, 0.5) is 4.39 Å². The fourth-order valence-corrected chi connectivity index (χ4v) is 3.60. The summed E-state index contributed by atoms with van der Waals surface area (Å²) in [5, 5.41) is 9.87. The summed E-state index contributed by atoms with van der Waals surface area (Å²) in [5.74, 6) is 0.833. The molecular formula is C22H24FN5O3. The third-order valence-corrected chi connectivity index (χ3v) is 5.17. The standard InChI is InChI=1S/C22H24FN5O3/c1-15-5-6-19(31-15)14-27-8-7-24-22(30)20(27)10-21(29)25-11-16-12-26-28(13-16)18-4-2-3-17(23)9-18/h2-6,9,12-13,20H,7-8,10-11,14H2,1H3,(H,24,30)(H,25,29). The van der Waals surface area contributed by atoms with Gasteiger partial charge in [-0.3, -0.25) is 14.5 Å². The molecule has 162 valence electrons. The molecule has 1 aromatic carbocycles. The second-order valence-corrected chi connectivity index (χ2v) is 7.54. The highest BCUT2D eigenvalue weighted by molar-refractivity contribution is 5.88. The highest BCUT2D eigenvalue weighted by atomic mass is 19.1. The minimum atomic E-state index is -0.561. The van der Waals surface area contributed by atoms with Crippen LogP contribution in [0.1, 0.15) is 23.5 Å². The Hall–Kier alpha value is -3.46. The third kappa shape index (κ3) is 5.18. The number of amides is 2. The summed E-state index contributed by atoms with van der Waals surface area (Å²) in [4.78, 5) is 26.9. The van der Waals surface area contributed by atoms with Crippen molar-refractivity contribution < 1.29 is 18.4 Å². The summed E-state index contributed by atoms with van der Waals surface area (Å²) in [6.45, 7) is 3.78. The molecule has 1 unspecified atom stereocenters. The minimum Gasteiger partial charge on any atom is -0.465 e. The number of furan rings is 1. The molecule has 0 bridgehead atoms. The summed E-state index contributed by atoms with van der Waals surface area (Å²) in [6, 6.07) is 9.31. The SMILES string of the molecule is Cc1ccc(CN2CCNC(=O)C2CC(=O)NCc2cnn(-c3cccc(F)c3)c2)o1. The number of benzene rings is 1. The maximum absolute atomic E-state index is 13.4. The number of hydrogen-bond acceptors (Lipinski definition) is 5. The lowest BCUT2D eigenvalue weighted by Crippen LogP contribution is -2.56. The smallest absolute Gasteiger partial charge is 0.237 e. The van der Waals surface area contributed by atoms with Crippen LogP contribution in [0.15, 0.2) is 53.2 Å². The average Bonchev–Trinajstić information content (AvgIpc) is 3.38. The van der Waals surface area contributed by atoms with Crippen molar-refractivity contribution in [3.63, 3.8) is 0 Å². The molecule has 1 aliphatic rings. The van der Waals surface area contributed by atoms with E-state index in [1.54, 1.807) is 29.2 Å². The van der Waals surface area contributed by atoms with Gasteiger partial charge >= 0.3 is 0 Å². The lowest BCUT2D eigenvalue weighted by molar-refractivity contribution is -0.134. The van der Waals surface area contributed by atoms with E-state index in [-0.39, 0.29) is 30.6 Å². The molecule has 2 aromatic heterocycles. The summed E-state index contributed by atoms with van der Waals surface area (Å²) in [7, 11) is 0. The monoisotopic (exact) mass is 425 g/mol. The Balaban J connectivity index is 1.34. The van der Waals surface area contributed by atoms with E-state index in [0.29, 0.717) is 25.3 Å². The van der Waals surface area contributed by atoms with Gasteiger partial charge in [0.25, 0.3) is 0 Å². The average molecular weight is 425 g/mol. The first-order chi connectivity index (χ1) is 15.0. The molecule has 3 aromatic rings. The Morgan fingerprint density at radius 2 is 2.23 bits per heavy atom. The van der Waals surface area contributed by atoms with Gasteiger partial charge in [-0.05, 0) is 37.3 Å². The number of carbonyl (C=O) groups is 2. The highest BCUT2D eigenvalue weighted by Crippen LogP contribution is 2.16. The molecule has 3 heterocycles. The van der Waals surface area contributed by atoms with E-state index in [1.165, 1.54) is 12.1 Å². The van der Waals surface area contributed by atoms with E-state index >= 15 is 0 Å². The van der Waals surface area contributed by atoms with Gasteiger partial charge in [0, 0.05) is 31.4 Å². The number of aromatic nitrogens is 2. The Labute approximate surface area is 179 Å². The molecule has 2 amide bonds. The Morgan fingerprint density at radius 1 is 1.35 bits per heavy atom. The van der Waals surface area contributed by atoms with Gasteiger partial charge in [0.1, 0.15) is 17.3 Å². The van der Waals surface area contributed by atoms with Crippen molar-refractivity contribution in [2.24, 2.45) is 0 Å². The van der Waals surface area contributed by atoms with E-state index in [1.807, 2.05) is 24.0 Å². The highest BCUT2D eigenvalue weighted by Gasteiger charge is 2.32. The predicted octanol–water partition coefficient (Wildman–Crippen LogP) is 1.92. The second-order valence-electron chi connectivity index (χ2n) is 7.54. The lowest BCUT2D eigenvalue weighted by Gasteiger charge is -2.34. The molecule has 0 aliphatic carbocycles. The molecule has 0 radical (unpaired) electrons. The molecule has 1 atom stereocenters. The van der Waals surface area contributed by atoms with Crippen molar-refractivity contribution in [2.75, 3.05) is 13.1 Å². The first-order valence-electron chi connectivity index (χ1n) is 10.1. The zero-order valence-corrected chi connectivity index (χ0v) is 17.2. The number of aryl methyl sites for hydroxylation is 1. The zero-order chi connectivity index (χ0) is 21.8. The normalized spacial score (nSPS) is 16.8. The first kappa shape index (κ1) is 20.8. The summed E-state index contributed by atoms with van der Waals surface area (Å²) >= 11 is 0. The zero-order valence-electron chi connectivity index (χ0n) is 17.2. The van der Waals surface area contributed by atoms with Crippen LogP contribution in [-0.4, -0.2) is 45.6 Å². The predicted molar refractivity (Wildman–Crippen MR) is 111 cm³/mol. The van der Waals surface area contributed by atoms with Crippen molar-refractivity contribution in [3.05, 3.63) is 71.7 Å². The van der Waals surface area contributed by atoms with Crippen LogP contribution >= 0.6 is 0 Å². The molecule has 4 rings (SSSR count). The summed E-state index contributed by atoms with van der Waals surface area (Å²) in [5.41, 5.74) is 1.37. The van der Waals surface area contributed by atoms with Gasteiger partial charge in [0.2, 0.25) is 11.8 Å². The topological polar surface area (TPSA) is 92.4 Å². The van der Waals surface area contributed by atoms with Crippen molar-refractivity contribution in [2.45, 2.75) is 32.5 Å². The number of rotatable bonds is 7. The third-order valence-electron chi connectivity index (χ3n) is 5.17. The molecule has 8 nitrogen and oxygen atoms in total. The quantitative estimate of drug-likeness (QED) is 0.604. The van der Waals surface area contributed by atoms with Crippen LogP contribution in [0.3, 0.4) is 0 Å². The molecule has 2 N–H and O–H groups in total. The molecule has 1 fully saturated rings. The van der Waals surface area contributed by atoms with Gasteiger partial charge < -0.3 is 15.1 Å². The fourth-order valence-electron chi connectivity index (χ4n) is 3.60. The number of hydrogen-bond donors (Lipinski definition) is 2. The van der Waals surface area contributed by atoms with Crippen LogP contribution in [-0.2, 0) is 22.7 Å². The molecule has 1 saturated heterocycles. The van der Waals surface area contributed by atoms with Crippen LogP contribution in [0.25, 0.3) is 5.69 Å².